The van der Waals surface area contributed by atoms with E-state index in [9.17, 15) is 22.8 Å². The SMILES string of the molecule is O=C(c1cccc(C(F)(F)F)c1)N1CCN(C(=O)c2cnn(-c3ccccc3Cl)c2)CC1. The molecule has 0 aliphatic carbocycles. The molecule has 1 saturated heterocycles. The van der Waals surface area contributed by atoms with Gasteiger partial charge in [-0.3, -0.25) is 9.59 Å². The number of halogens is 4. The monoisotopic (exact) mass is 462 g/mol. The predicted octanol–water partition coefficient (Wildman–Crippen LogP) is 4.14. The molecular formula is C22H18ClF3N4O2. The van der Waals surface area contributed by atoms with Gasteiger partial charge in [0.05, 0.1) is 28.0 Å². The summed E-state index contributed by atoms with van der Waals surface area (Å²) in [6, 6.07) is 11.5. The molecule has 1 aromatic heterocycles. The predicted molar refractivity (Wildman–Crippen MR) is 112 cm³/mol. The molecule has 0 N–H and O–H groups in total. The number of amides is 2. The zero-order valence-corrected chi connectivity index (χ0v) is 17.5. The molecule has 2 heterocycles. The average Bonchev–Trinajstić information content (AvgIpc) is 3.28. The van der Waals surface area contributed by atoms with Crippen molar-refractivity contribution in [1.82, 2.24) is 19.6 Å². The third-order valence-electron chi connectivity index (χ3n) is 5.22. The van der Waals surface area contributed by atoms with E-state index in [1.54, 1.807) is 29.3 Å². The highest BCUT2D eigenvalue weighted by Gasteiger charge is 2.32. The summed E-state index contributed by atoms with van der Waals surface area (Å²) in [7, 11) is 0. The minimum absolute atomic E-state index is 0.0272. The van der Waals surface area contributed by atoms with Gasteiger partial charge in [0.25, 0.3) is 11.8 Å². The van der Waals surface area contributed by atoms with Crippen LogP contribution >= 0.6 is 11.6 Å². The van der Waals surface area contributed by atoms with Crippen molar-refractivity contribution in [1.29, 1.82) is 0 Å². The fourth-order valence-electron chi connectivity index (χ4n) is 3.51. The minimum atomic E-state index is -4.52. The molecule has 0 radical (unpaired) electrons. The van der Waals surface area contributed by atoms with E-state index in [0.717, 1.165) is 12.1 Å². The van der Waals surface area contributed by atoms with E-state index in [1.165, 1.54) is 27.9 Å². The number of hydrogen-bond acceptors (Lipinski definition) is 3. The summed E-state index contributed by atoms with van der Waals surface area (Å²) in [6.45, 7) is 0.973. The number of carbonyl (C=O) groups excluding carboxylic acids is 2. The fraction of sp³-hybridized carbons (Fsp3) is 0.227. The van der Waals surface area contributed by atoms with Gasteiger partial charge in [-0.1, -0.05) is 29.8 Å². The van der Waals surface area contributed by atoms with Gasteiger partial charge in [-0.25, -0.2) is 4.68 Å². The molecule has 2 aromatic carbocycles. The summed E-state index contributed by atoms with van der Waals surface area (Å²) in [5.74, 6) is -0.732. The van der Waals surface area contributed by atoms with Crippen molar-refractivity contribution in [3.8, 4) is 5.69 Å². The molecule has 10 heteroatoms. The van der Waals surface area contributed by atoms with Crippen LogP contribution < -0.4 is 0 Å². The average molecular weight is 463 g/mol. The van der Waals surface area contributed by atoms with E-state index < -0.39 is 17.6 Å². The first-order valence-electron chi connectivity index (χ1n) is 9.79. The number of aromatic nitrogens is 2. The van der Waals surface area contributed by atoms with E-state index in [0.29, 0.717) is 16.3 Å². The summed E-state index contributed by atoms with van der Waals surface area (Å²) in [6.07, 6.45) is -1.48. The number of para-hydroxylation sites is 1. The first-order valence-corrected chi connectivity index (χ1v) is 10.2. The molecule has 0 atom stereocenters. The molecule has 1 aliphatic heterocycles. The summed E-state index contributed by atoms with van der Waals surface area (Å²) in [5.41, 5.74) is 0.126. The van der Waals surface area contributed by atoms with Crippen LogP contribution in [0.15, 0.2) is 60.9 Å². The van der Waals surface area contributed by atoms with Crippen molar-refractivity contribution in [2.75, 3.05) is 26.2 Å². The topological polar surface area (TPSA) is 58.4 Å². The number of rotatable bonds is 3. The fourth-order valence-corrected chi connectivity index (χ4v) is 3.73. The minimum Gasteiger partial charge on any atom is -0.335 e. The molecule has 32 heavy (non-hydrogen) atoms. The molecule has 0 spiro atoms. The Morgan fingerprint density at radius 1 is 0.875 bits per heavy atom. The van der Waals surface area contributed by atoms with Gasteiger partial charge in [0, 0.05) is 37.9 Å². The van der Waals surface area contributed by atoms with Gasteiger partial charge in [0.1, 0.15) is 0 Å². The maximum absolute atomic E-state index is 12.9. The highest BCUT2D eigenvalue weighted by molar-refractivity contribution is 6.32. The van der Waals surface area contributed by atoms with Gasteiger partial charge in [0.15, 0.2) is 0 Å². The molecule has 0 saturated carbocycles. The van der Waals surface area contributed by atoms with Crippen LogP contribution in [0.3, 0.4) is 0 Å². The Labute approximate surface area is 186 Å². The van der Waals surface area contributed by atoms with Crippen LogP contribution in [0.4, 0.5) is 13.2 Å². The van der Waals surface area contributed by atoms with E-state index in [-0.39, 0.29) is 37.6 Å². The smallest absolute Gasteiger partial charge is 0.335 e. The first kappa shape index (κ1) is 21.9. The zero-order valence-electron chi connectivity index (χ0n) is 16.7. The maximum atomic E-state index is 12.9. The second-order valence-corrected chi connectivity index (χ2v) is 7.70. The molecule has 1 aliphatic rings. The standard InChI is InChI=1S/C22H18ClF3N4O2/c23-18-6-1-2-7-19(18)30-14-16(13-27-30)21(32)29-10-8-28(9-11-29)20(31)15-4-3-5-17(12-15)22(24,25)26/h1-7,12-14H,8-11H2. The zero-order chi connectivity index (χ0) is 22.9. The van der Waals surface area contributed by atoms with Crippen LogP contribution in [0.5, 0.6) is 0 Å². The largest absolute Gasteiger partial charge is 0.416 e. The molecule has 166 valence electrons. The third-order valence-corrected chi connectivity index (χ3v) is 5.54. The Morgan fingerprint density at radius 2 is 1.50 bits per heavy atom. The van der Waals surface area contributed by atoms with Gasteiger partial charge >= 0.3 is 6.18 Å². The van der Waals surface area contributed by atoms with Crippen molar-refractivity contribution < 1.29 is 22.8 Å². The first-order chi connectivity index (χ1) is 15.2. The van der Waals surface area contributed by atoms with Crippen molar-refractivity contribution >= 4 is 23.4 Å². The highest BCUT2D eigenvalue weighted by atomic mass is 35.5. The second kappa shape index (κ2) is 8.66. The van der Waals surface area contributed by atoms with Crippen LogP contribution in [0.25, 0.3) is 5.69 Å². The van der Waals surface area contributed by atoms with E-state index >= 15 is 0 Å². The number of piperazine rings is 1. The second-order valence-electron chi connectivity index (χ2n) is 7.29. The van der Waals surface area contributed by atoms with Gasteiger partial charge in [-0.2, -0.15) is 18.3 Å². The quantitative estimate of drug-likeness (QED) is 0.587. The molecule has 0 unspecified atom stereocenters. The summed E-state index contributed by atoms with van der Waals surface area (Å²) in [5, 5.41) is 4.70. The van der Waals surface area contributed by atoms with Crippen molar-refractivity contribution in [2.24, 2.45) is 0 Å². The van der Waals surface area contributed by atoms with Crippen LogP contribution in [0.2, 0.25) is 5.02 Å². The molecule has 1 fully saturated rings. The Morgan fingerprint density at radius 3 is 2.12 bits per heavy atom. The Kier molecular flexibility index (Phi) is 5.92. The summed E-state index contributed by atoms with van der Waals surface area (Å²) < 4.78 is 40.3. The van der Waals surface area contributed by atoms with E-state index in [1.807, 2.05) is 6.07 Å². The van der Waals surface area contributed by atoms with Crippen LogP contribution in [0.1, 0.15) is 26.3 Å². The molecule has 3 aromatic rings. The molecular weight excluding hydrogens is 445 g/mol. The van der Waals surface area contributed by atoms with Crippen molar-refractivity contribution in [3.05, 3.63) is 82.6 Å². The van der Waals surface area contributed by atoms with E-state index in [2.05, 4.69) is 5.10 Å². The maximum Gasteiger partial charge on any atom is 0.416 e. The Balaban J connectivity index is 1.40. The lowest BCUT2D eigenvalue weighted by atomic mass is 10.1. The van der Waals surface area contributed by atoms with Crippen molar-refractivity contribution in [3.63, 3.8) is 0 Å². The Bertz CT molecular complexity index is 1150. The van der Waals surface area contributed by atoms with Crippen LogP contribution in [-0.4, -0.2) is 57.6 Å². The molecule has 0 bridgehead atoms. The summed E-state index contributed by atoms with van der Waals surface area (Å²) in [4.78, 5) is 28.5. The third kappa shape index (κ3) is 4.47. The highest BCUT2D eigenvalue weighted by Crippen LogP contribution is 2.30. The number of nitrogens with zero attached hydrogens (tertiary/aromatic N) is 4. The lowest BCUT2D eigenvalue weighted by molar-refractivity contribution is -0.137. The van der Waals surface area contributed by atoms with Gasteiger partial charge in [-0.05, 0) is 30.3 Å². The van der Waals surface area contributed by atoms with Crippen molar-refractivity contribution in [2.45, 2.75) is 6.18 Å². The number of benzene rings is 2. The number of carbonyl (C=O) groups is 2. The molecule has 2 amide bonds. The summed E-state index contributed by atoms with van der Waals surface area (Å²) >= 11 is 6.17. The molecule has 6 nitrogen and oxygen atoms in total. The number of hydrogen-bond donors (Lipinski definition) is 0. The number of alkyl halides is 3. The van der Waals surface area contributed by atoms with E-state index in [4.69, 9.17) is 11.6 Å². The van der Waals surface area contributed by atoms with Crippen LogP contribution in [-0.2, 0) is 6.18 Å². The van der Waals surface area contributed by atoms with Gasteiger partial charge < -0.3 is 9.80 Å². The Hall–Kier alpha value is -3.33. The van der Waals surface area contributed by atoms with Crippen LogP contribution in [0, 0.1) is 0 Å². The lowest BCUT2D eigenvalue weighted by Crippen LogP contribution is -2.50. The van der Waals surface area contributed by atoms with Gasteiger partial charge in [0.2, 0.25) is 0 Å². The van der Waals surface area contributed by atoms with Gasteiger partial charge in [-0.15, -0.1) is 0 Å². The molecule has 4 rings (SSSR count). The normalized spacial score (nSPS) is 14.5. The lowest BCUT2D eigenvalue weighted by Gasteiger charge is -2.34.